The molecule has 3 nitrogen and oxygen atoms in total. The monoisotopic (exact) mass is 266 g/mol. The van der Waals surface area contributed by atoms with Crippen LogP contribution in [-0.4, -0.2) is 18.5 Å². The lowest BCUT2D eigenvalue weighted by Gasteiger charge is -2.22. The van der Waals surface area contributed by atoms with Crippen molar-refractivity contribution < 1.29 is 4.79 Å². The number of halogens is 1. The molecule has 1 aliphatic rings. The van der Waals surface area contributed by atoms with Gasteiger partial charge in [-0.2, -0.15) is 0 Å². The highest BCUT2D eigenvalue weighted by molar-refractivity contribution is 6.31. The van der Waals surface area contributed by atoms with Gasteiger partial charge in [0.15, 0.2) is 0 Å². The summed E-state index contributed by atoms with van der Waals surface area (Å²) in [6, 6.07) is 8.23. The molecule has 0 spiro atoms. The molecule has 1 saturated heterocycles. The predicted octanol–water partition coefficient (Wildman–Crippen LogP) is 2.66. The fourth-order valence-corrected chi connectivity index (χ4v) is 2.69. The molecule has 1 aromatic rings. The highest BCUT2D eigenvalue weighted by Gasteiger charge is 2.20. The van der Waals surface area contributed by atoms with Crippen LogP contribution in [0.5, 0.6) is 0 Å². The van der Waals surface area contributed by atoms with Crippen LogP contribution in [0.25, 0.3) is 0 Å². The van der Waals surface area contributed by atoms with Crippen molar-refractivity contribution in [2.24, 2.45) is 0 Å². The topological polar surface area (TPSA) is 41.1 Å². The molecule has 4 heteroatoms. The molecular weight excluding hydrogens is 248 g/mol. The van der Waals surface area contributed by atoms with Crippen LogP contribution in [0.15, 0.2) is 24.3 Å². The summed E-state index contributed by atoms with van der Waals surface area (Å²) >= 11 is 6.18. The Morgan fingerprint density at radius 1 is 1.44 bits per heavy atom. The first kappa shape index (κ1) is 13.4. The number of benzene rings is 1. The molecular formula is C14H19ClN2O. The number of hydrogen-bond donors (Lipinski definition) is 2. The molecule has 1 fully saturated rings. The average molecular weight is 267 g/mol. The Morgan fingerprint density at radius 2 is 2.22 bits per heavy atom. The van der Waals surface area contributed by atoms with Crippen molar-refractivity contribution in [2.45, 2.75) is 38.3 Å². The van der Waals surface area contributed by atoms with Gasteiger partial charge >= 0.3 is 0 Å². The summed E-state index contributed by atoms with van der Waals surface area (Å²) in [5.41, 5.74) is 1.09. The molecule has 0 radical (unpaired) electrons. The van der Waals surface area contributed by atoms with Crippen molar-refractivity contribution in [3.63, 3.8) is 0 Å². The van der Waals surface area contributed by atoms with E-state index in [9.17, 15) is 4.79 Å². The van der Waals surface area contributed by atoms with Gasteiger partial charge in [0.1, 0.15) is 0 Å². The zero-order chi connectivity index (χ0) is 13.0. The summed E-state index contributed by atoms with van der Waals surface area (Å²) < 4.78 is 0. The first-order valence-corrected chi connectivity index (χ1v) is 6.82. The Morgan fingerprint density at radius 3 is 3.00 bits per heavy atom. The van der Waals surface area contributed by atoms with Crippen LogP contribution in [0.3, 0.4) is 0 Å². The van der Waals surface area contributed by atoms with Gasteiger partial charge < -0.3 is 10.6 Å². The number of rotatable bonds is 3. The third-order valence-electron chi connectivity index (χ3n) is 3.34. The zero-order valence-corrected chi connectivity index (χ0v) is 11.3. The maximum atomic E-state index is 11.5. The molecule has 2 atom stereocenters. The molecule has 1 amide bonds. The molecule has 0 aliphatic carbocycles. The maximum absolute atomic E-state index is 11.5. The number of amides is 1. The molecule has 2 N–H and O–H groups in total. The Balaban J connectivity index is 2.00. The second kappa shape index (κ2) is 6.21. The van der Waals surface area contributed by atoms with Crippen LogP contribution in [-0.2, 0) is 4.79 Å². The molecule has 98 valence electrons. The van der Waals surface area contributed by atoms with E-state index in [0.29, 0.717) is 6.42 Å². The van der Waals surface area contributed by atoms with E-state index in [1.807, 2.05) is 24.3 Å². The third kappa shape index (κ3) is 3.47. The molecule has 1 aliphatic heterocycles. The molecule has 1 unspecified atom stereocenters. The second-order valence-electron chi connectivity index (χ2n) is 4.80. The number of nitrogens with one attached hydrogen (secondary N) is 2. The molecule has 2 rings (SSSR count). The first-order valence-electron chi connectivity index (χ1n) is 6.44. The zero-order valence-electron chi connectivity index (χ0n) is 10.6. The van der Waals surface area contributed by atoms with E-state index in [0.717, 1.165) is 30.0 Å². The predicted molar refractivity (Wildman–Crippen MR) is 73.7 cm³/mol. The van der Waals surface area contributed by atoms with Gasteiger partial charge in [-0.3, -0.25) is 4.79 Å². The van der Waals surface area contributed by atoms with Crippen LogP contribution < -0.4 is 10.6 Å². The fourth-order valence-electron chi connectivity index (χ4n) is 2.39. The van der Waals surface area contributed by atoms with Gasteiger partial charge in [0, 0.05) is 30.1 Å². The standard InChI is InChI=1S/C14H19ClN2O/c1-10(12-6-2-3-7-13(12)15)17-11-5-4-8-16-14(18)9-11/h2-3,6-7,10-11,17H,4-5,8-9H2,1H3,(H,16,18)/t10-,11?/m0/s1. The number of hydrogen-bond acceptors (Lipinski definition) is 2. The lowest BCUT2D eigenvalue weighted by molar-refractivity contribution is -0.121. The highest BCUT2D eigenvalue weighted by atomic mass is 35.5. The van der Waals surface area contributed by atoms with Gasteiger partial charge in [0.25, 0.3) is 0 Å². The van der Waals surface area contributed by atoms with E-state index in [2.05, 4.69) is 17.6 Å². The van der Waals surface area contributed by atoms with Crippen LogP contribution in [0.1, 0.15) is 37.8 Å². The Labute approximate surface area is 113 Å². The van der Waals surface area contributed by atoms with E-state index in [4.69, 9.17) is 11.6 Å². The molecule has 1 heterocycles. The number of carbonyl (C=O) groups is 1. The lowest BCUT2D eigenvalue weighted by atomic mass is 10.0. The largest absolute Gasteiger partial charge is 0.356 e. The van der Waals surface area contributed by atoms with Crippen molar-refractivity contribution in [1.82, 2.24) is 10.6 Å². The van der Waals surface area contributed by atoms with Crippen molar-refractivity contribution >= 4 is 17.5 Å². The first-order chi connectivity index (χ1) is 8.66. The summed E-state index contributed by atoms with van der Waals surface area (Å²) in [5, 5.41) is 7.17. The summed E-state index contributed by atoms with van der Waals surface area (Å²) in [4.78, 5) is 11.5. The normalized spacial score (nSPS) is 22.1. The third-order valence-corrected chi connectivity index (χ3v) is 3.68. The molecule has 0 aromatic heterocycles. The van der Waals surface area contributed by atoms with E-state index < -0.39 is 0 Å². The van der Waals surface area contributed by atoms with Gasteiger partial charge in [0.2, 0.25) is 5.91 Å². The van der Waals surface area contributed by atoms with Crippen LogP contribution in [0.2, 0.25) is 5.02 Å². The van der Waals surface area contributed by atoms with Gasteiger partial charge in [-0.25, -0.2) is 0 Å². The number of carbonyl (C=O) groups excluding carboxylic acids is 1. The van der Waals surface area contributed by atoms with Gasteiger partial charge in [-0.15, -0.1) is 0 Å². The smallest absolute Gasteiger partial charge is 0.221 e. The minimum absolute atomic E-state index is 0.136. The van der Waals surface area contributed by atoms with Gasteiger partial charge in [-0.05, 0) is 31.4 Å². The molecule has 0 bridgehead atoms. The molecule has 0 saturated carbocycles. The molecule has 1 aromatic carbocycles. The van der Waals surface area contributed by atoms with Gasteiger partial charge in [0.05, 0.1) is 0 Å². The Kier molecular flexibility index (Phi) is 4.61. The van der Waals surface area contributed by atoms with Crippen LogP contribution in [0.4, 0.5) is 0 Å². The SMILES string of the molecule is C[C@H](NC1CCCNC(=O)C1)c1ccccc1Cl. The summed E-state index contributed by atoms with van der Waals surface area (Å²) in [7, 11) is 0. The van der Waals surface area contributed by atoms with Crippen molar-refractivity contribution in [3.8, 4) is 0 Å². The fraction of sp³-hybridized carbons (Fsp3) is 0.500. The summed E-state index contributed by atoms with van der Waals surface area (Å²) in [6.07, 6.45) is 2.60. The van der Waals surface area contributed by atoms with Crippen LogP contribution in [0, 0.1) is 0 Å². The van der Waals surface area contributed by atoms with Crippen molar-refractivity contribution in [1.29, 1.82) is 0 Å². The molecule has 18 heavy (non-hydrogen) atoms. The Hall–Kier alpha value is -1.06. The van der Waals surface area contributed by atoms with E-state index in [1.165, 1.54) is 0 Å². The van der Waals surface area contributed by atoms with Crippen molar-refractivity contribution in [3.05, 3.63) is 34.9 Å². The van der Waals surface area contributed by atoms with Crippen molar-refractivity contribution in [2.75, 3.05) is 6.54 Å². The lowest BCUT2D eigenvalue weighted by Crippen LogP contribution is -2.34. The van der Waals surface area contributed by atoms with Crippen LogP contribution >= 0.6 is 11.6 Å². The van der Waals surface area contributed by atoms with Gasteiger partial charge in [-0.1, -0.05) is 29.8 Å². The summed E-state index contributed by atoms with van der Waals surface area (Å²) in [5.74, 6) is 0.136. The quantitative estimate of drug-likeness (QED) is 0.883. The average Bonchev–Trinajstić information content (AvgIpc) is 2.54. The Bertz CT molecular complexity index is 422. The van der Waals surface area contributed by atoms with E-state index in [1.54, 1.807) is 0 Å². The summed E-state index contributed by atoms with van der Waals surface area (Å²) in [6.45, 7) is 2.88. The van der Waals surface area contributed by atoms with E-state index >= 15 is 0 Å². The minimum atomic E-state index is 0.136. The second-order valence-corrected chi connectivity index (χ2v) is 5.21. The maximum Gasteiger partial charge on any atom is 0.221 e. The van der Waals surface area contributed by atoms with E-state index in [-0.39, 0.29) is 18.0 Å². The highest BCUT2D eigenvalue weighted by Crippen LogP contribution is 2.23. The minimum Gasteiger partial charge on any atom is -0.356 e.